The van der Waals surface area contributed by atoms with Crippen LogP contribution in [-0.2, 0) is 6.42 Å². The van der Waals surface area contributed by atoms with Gasteiger partial charge in [0, 0.05) is 17.0 Å². The zero-order valence-electron chi connectivity index (χ0n) is 7.79. The Balaban J connectivity index is 2.04. The van der Waals surface area contributed by atoms with Crippen molar-refractivity contribution < 1.29 is 5.11 Å². The van der Waals surface area contributed by atoms with E-state index in [2.05, 4.69) is 16.8 Å². The van der Waals surface area contributed by atoms with Crippen LogP contribution >= 0.6 is 11.3 Å². The molecule has 0 spiro atoms. The molecule has 0 aliphatic heterocycles. The van der Waals surface area contributed by atoms with Crippen LogP contribution in [0.4, 0.5) is 0 Å². The molecule has 1 aromatic rings. The van der Waals surface area contributed by atoms with Gasteiger partial charge in [0.15, 0.2) is 0 Å². The first-order chi connectivity index (χ1) is 6.31. The summed E-state index contributed by atoms with van der Waals surface area (Å²) in [7, 11) is 0. The van der Waals surface area contributed by atoms with Crippen molar-refractivity contribution in [3.05, 3.63) is 21.9 Å². The van der Waals surface area contributed by atoms with E-state index in [9.17, 15) is 0 Å². The lowest BCUT2D eigenvalue weighted by atomic mass is 10.2. The summed E-state index contributed by atoms with van der Waals surface area (Å²) in [5.74, 6) is 0. The highest BCUT2D eigenvalue weighted by Gasteiger charge is 2.24. The molecule has 0 saturated carbocycles. The Hall–Kier alpha value is -0.380. The molecule has 1 aliphatic carbocycles. The minimum atomic E-state index is 0.207. The predicted molar refractivity (Wildman–Crippen MR) is 55.1 cm³/mol. The number of fused-ring (bicyclic) bond motifs is 1. The van der Waals surface area contributed by atoms with Gasteiger partial charge in [-0.05, 0) is 36.8 Å². The van der Waals surface area contributed by atoms with E-state index in [1.165, 1.54) is 23.3 Å². The smallest absolute Gasteiger partial charge is 0.0582 e. The Morgan fingerprint density at radius 3 is 3.38 bits per heavy atom. The number of hydrogen-bond donors (Lipinski definition) is 2. The van der Waals surface area contributed by atoms with Gasteiger partial charge in [-0.1, -0.05) is 0 Å². The van der Waals surface area contributed by atoms with E-state index >= 15 is 0 Å². The van der Waals surface area contributed by atoms with E-state index in [0.29, 0.717) is 6.04 Å². The standard InChI is InChI=1S/C10H15NOS/c1-7(6-12)11-9-3-2-8-4-5-13-10(8)9/h4-5,7,9,11-12H,2-3,6H2,1H3/t7-,9?/m0/s1. The molecule has 0 radical (unpaired) electrons. The number of aliphatic hydroxyl groups is 1. The molecule has 0 fully saturated rings. The third-order valence-corrected chi connectivity index (χ3v) is 3.63. The quantitative estimate of drug-likeness (QED) is 0.773. The highest BCUT2D eigenvalue weighted by molar-refractivity contribution is 7.10. The van der Waals surface area contributed by atoms with Gasteiger partial charge in [-0.3, -0.25) is 0 Å². The fourth-order valence-corrected chi connectivity index (χ4v) is 2.90. The minimum absolute atomic E-state index is 0.207. The van der Waals surface area contributed by atoms with Crippen LogP contribution in [0.3, 0.4) is 0 Å². The van der Waals surface area contributed by atoms with Crippen LogP contribution < -0.4 is 5.32 Å². The Morgan fingerprint density at radius 2 is 2.62 bits per heavy atom. The zero-order valence-corrected chi connectivity index (χ0v) is 8.60. The van der Waals surface area contributed by atoms with Crippen LogP contribution in [-0.4, -0.2) is 17.8 Å². The number of aliphatic hydroxyl groups excluding tert-OH is 1. The Bertz CT molecular complexity index is 284. The van der Waals surface area contributed by atoms with Gasteiger partial charge in [0.25, 0.3) is 0 Å². The second-order valence-electron chi connectivity index (χ2n) is 3.65. The van der Waals surface area contributed by atoms with E-state index in [1.54, 1.807) is 0 Å². The topological polar surface area (TPSA) is 32.3 Å². The zero-order chi connectivity index (χ0) is 9.26. The minimum Gasteiger partial charge on any atom is -0.395 e. The van der Waals surface area contributed by atoms with Gasteiger partial charge in [0.2, 0.25) is 0 Å². The highest BCUT2D eigenvalue weighted by Crippen LogP contribution is 2.35. The van der Waals surface area contributed by atoms with Crippen LogP contribution in [0.1, 0.15) is 29.8 Å². The van der Waals surface area contributed by atoms with Crippen molar-refractivity contribution in [2.75, 3.05) is 6.61 Å². The molecule has 72 valence electrons. The lowest BCUT2D eigenvalue weighted by Gasteiger charge is -2.17. The van der Waals surface area contributed by atoms with E-state index in [1.807, 2.05) is 18.3 Å². The van der Waals surface area contributed by atoms with Crippen molar-refractivity contribution in [2.24, 2.45) is 0 Å². The fraction of sp³-hybridized carbons (Fsp3) is 0.600. The van der Waals surface area contributed by atoms with Gasteiger partial charge in [-0.2, -0.15) is 0 Å². The van der Waals surface area contributed by atoms with E-state index < -0.39 is 0 Å². The van der Waals surface area contributed by atoms with Crippen molar-refractivity contribution in [1.29, 1.82) is 0 Å². The van der Waals surface area contributed by atoms with Crippen molar-refractivity contribution in [2.45, 2.75) is 31.8 Å². The van der Waals surface area contributed by atoms with Crippen molar-refractivity contribution in [1.82, 2.24) is 5.32 Å². The monoisotopic (exact) mass is 197 g/mol. The molecule has 13 heavy (non-hydrogen) atoms. The average molecular weight is 197 g/mol. The summed E-state index contributed by atoms with van der Waals surface area (Å²) in [6, 6.07) is 2.90. The third-order valence-electron chi connectivity index (χ3n) is 2.56. The fourth-order valence-electron chi connectivity index (χ4n) is 1.85. The van der Waals surface area contributed by atoms with Gasteiger partial charge in [0.1, 0.15) is 0 Å². The van der Waals surface area contributed by atoms with Crippen molar-refractivity contribution in [3.8, 4) is 0 Å². The summed E-state index contributed by atoms with van der Waals surface area (Å²) in [5.41, 5.74) is 1.49. The molecule has 0 aromatic carbocycles. The molecule has 2 N–H and O–H groups in total. The Labute approximate surface area is 82.6 Å². The maximum atomic E-state index is 8.93. The van der Waals surface area contributed by atoms with Gasteiger partial charge in [-0.15, -0.1) is 11.3 Å². The summed E-state index contributed by atoms with van der Waals surface area (Å²) in [5, 5.41) is 14.5. The van der Waals surface area contributed by atoms with Gasteiger partial charge in [0.05, 0.1) is 6.61 Å². The molecule has 1 aliphatic rings. The molecule has 1 unspecified atom stereocenters. The molecule has 0 amide bonds. The second kappa shape index (κ2) is 3.78. The molecule has 2 rings (SSSR count). The SMILES string of the molecule is C[C@@H](CO)NC1CCc2ccsc21. The largest absolute Gasteiger partial charge is 0.395 e. The molecule has 1 heterocycles. The van der Waals surface area contributed by atoms with Crippen LogP contribution in [0.25, 0.3) is 0 Å². The maximum Gasteiger partial charge on any atom is 0.0582 e. The van der Waals surface area contributed by atoms with Crippen LogP contribution in [0.2, 0.25) is 0 Å². The number of thiophene rings is 1. The first-order valence-corrected chi connectivity index (χ1v) is 5.62. The van der Waals surface area contributed by atoms with Crippen LogP contribution in [0.5, 0.6) is 0 Å². The average Bonchev–Trinajstić information content (AvgIpc) is 2.69. The third kappa shape index (κ3) is 1.77. The molecular weight excluding hydrogens is 182 g/mol. The van der Waals surface area contributed by atoms with Gasteiger partial charge >= 0.3 is 0 Å². The molecule has 3 heteroatoms. The van der Waals surface area contributed by atoms with Crippen molar-refractivity contribution in [3.63, 3.8) is 0 Å². The van der Waals surface area contributed by atoms with Crippen LogP contribution in [0, 0.1) is 0 Å². The number of rotatable bonds is 3. The summed E-state index contributed by atoms with van der Waals surface area (Å²) in [6.07, 6.45) is 2.38. The Kier molecular flexibility index (Phi) is 2.67. The van der Waals surface area contributed by atoms with Gasteiger partial charge < -0.3 is 10.4 Å². The summed E-state index contributed by atoms with van der Waals surface area (Å²) >= 11 is 1.83. The molecular formula is C10H15NOS. The number of hydrogen-bond acceptors (Lipinski definition) is 3. The Morgan fingerprint density at radius 1 is 1.77 bits per heavy atom. The lowest BCUT2D eigenvalue weighted by Crippen LogP contribution is -2.31. The molecule has 0 saturated heterocycles. The molecule has 2 atom stereocenters. The summed E-state index contributed by atoms with van der Waals surface area (Å²) in [4.78, 5) is 1.47. The maximum absolute atomic E-state index is 8.93. The van der Waals surface area contributed by atoms with E-state index in [0.717, 1.165) is 0 Å². The van der Waals surface area contributed by atoms with Gasteiger partial charge in [-0.25, -0.2) is 0 Å². The molecule has 2 nitrogen and oxygen atoms in total. The van der Waals surface area contributed by atoms with Crippen LogP contribution in [0.15, 0.2) is 11.4 Å². The normalized spacial score (nSPS) is 23.1. The van der Waals surface area contributed by atoms with E-state index in [-0.39, 0.29) is 12.6 Å². The van der Waals surface area contributed by atoms with Crippen molar-refractivity contribution >= 4 is 11.3 Å². The highest BCUT2D eigenvalue weighted by atomic mass is 32.1. The lowest BCUT2D eigenvalue weighted by molar-refractivity contribution is 0.241. The summed E-state index contributed by atoms with van der Waals surface area (Å²) < 4.78 is 0. The molecule has 1 aromatic heterocycles. The first kappa shape index (κ1) is 9.19. The first-order valence-electron chi connectivity index (χ1n) is 4.74. The molecule has 0 bridgehead atoms. The van der Waals surface area contributed by atoms with E-state index in [4.69, 9.17) is 5.11 Å². The number of aryl methyl sites for hydroxylation is 1. The summed E-state index contributed by atoms with van der Waals surface area (Å²) in [6.45, 7) is 2.24. The predicted octanol–water partition coefficient (Wildman–Crippen LogP) is 1.71. The number of nitrogens with one attached hydrogen (secondary N) is 1. The second-order valence-corrected chi connectivity index (χ2v) is 4.60.